The highest BCUT2D eigenvalue weighted by molar-refractivity contribution is 7.08. The number of halogens is 2. The fourth-order valence-electron chi connectivity index (χ4n) is 6.13. The minimum atomic E-state index is -0.572. The molecule has 4 nitrogen and oxygen atoms in total. The first-order chi connectivity index (χ1) is 18.3. The number of carbonyl (C=O) groups is 1. The number of amides is 1. The number of thiophene rings is 1. The number of nitrogens with zero attached hydrogens (tertiary/aromatic N) is 2. The summed E-state index contributed by atoms with van der Waals surface area (Å²) in [4.78, 5) is 17.8. The van der Waals surface area contributed by atoms with Crippen LogP contribution in [-0.4, -0.2) is 59.1 Å². The molecule has 202 valence electrons. The Morgan fingerprint density at radius 3 is 2.58 bits per heavy atom. The maximum Gasteiger partial charge on any atom is 0.253 e. The van der Waals surface area contributed by atoms with Gasteiger partial charge in [-0.15, -0.1) is 0 Å². The molecule has 3 aromatic rings. The first-order valence-electron chi connectivity index (χ1n) is 13.6. The Morgan fingerprint density at radius 2 is 1.87 bits per heavy atom. The van der Waals surface area contributed by atoms with E-state index in [0.717, 1.165) is 58.3 Å². The van der Waals surface area contributed by atoms with E-state index in [9.17, 15) is 9.90 Å². The van der Waals surface area contributed by atoms with Crippen molar-refractivity contribution < 1.29 is 9.90 Å². The van der Waals surface area contributed by atoms with Gasteiger partial charge in [0.05, 0.1) is 15.6 Å². The van der Waals surface area contributed by atoms with Gasteiger partial charge < -0.3 is 14.9 Å². The van der Waals surface area contributed by atoms with Gasteiger partial charge >= 0.3 is 0 Å². The molecule has 5 rings (SSSR count). The van der Waals surface area contributed by atoms with Gasteiger partial charge in [0, 0.05) is 44.2 Å². The van der Waals surface area contributed by atoms with Gasteiger partial charge in [-0.2, -0.15) is 11.3 Å². The normalized spacial score (nSPS) is 21.6. The molecule has 1 N–H and O–H groups in total. The van der Waals surface area contributed by atoms with Gasteiger partial charge in [0.15, 0.2) is 0 Å². The van der Waals surface area contributed by atoms with E-state index in [1.807, 2.05) is 4.90 Å². The molecule has 0 bridgehead atoms. The van der Waals surface area contributed by atoms with Gasteiger partial charge in [-0.3, -0.25) is 4.79 Å². The topological polar surface area (TPSA) is 43.8 Å². The van der Waals surface area contributed by atoms with Crippen LogP contribution in [0.5, 0.6) is 0 Å². The van der Waals surface area contributed by atoms with Crippen LogP contribution in [0, 0.1) is 12.8 Å². The molecular weight excluding hydrogens is 535 g/mol. The van der Waals surface area contributed by atoms with Crippen molar-refractivity contribution in [3.05, 3.63) is 91.6 Å². The summed E-state index contributed by atoms with van der Waals surface area (Å²) in [7, 11) is 0. The van der Waals surface area contributed by atoms with Crippen LogP contribution in [0.15, 0.2) is 59.3 Å². The number of hydrogen-bond donors (Lipinski definition) is 1. The summed E-state index contributed by atoms with van der Waals surface area (Å²) in [5.41, 5.74) is 4.04. The van der Waals surface area contributed by atoms with E-state index in [1.54, 1.807) is 29.5 Å². The predicted octanol–water partition coefficient (Wildman–Crippen LogP) is 7.07. The minimum Gasteiger partial charge on any atom is -0.390 e. The summed E-state index contributed by atoms with van der Waals surface area (Å²) < 4.78 is 0. The van der Waals surface area contributed by atoms with E-state index >= 15 is 0 Å². The zero-order valence-corrected chi connectivity index (χ0v) is 24.2. The number of hydrogen-bond acceptors (Lipinski definition) is 4. The Balaban J connectivity index is 1.18. The average Bonchev–Trinajstić information content (AvgIpc) is 3.58. The SMILES string of the molecule is Cc1ccccc1CCCC1(O)CCN(CC2CN(C(=O)c3ccc(Cl)c(Cl)c3)C[C@H]2c2ccsc2)CC1. The van der Waals surface area contributed by atoms with Gasteiger partial charge in [-0.1, -0.05) is 47.5 Å². The predicted molar refractivity (Wildman–Crippen MR) is 158 cm³/mol. The van der Waals surface area contributed by atoms with Crippen LogP contribution in [0.3, 0.4) is 0 Å². The van der Waals surface area contributed by atoms with Crippen molar-refractivity contribution in [2.45, 2.75) is 50.5 Å². The average molecular weight is 572 g/mol. The lowest BCUT2D eigenvalue weighted by molar-refractivity contribution is -0.0315. The van der Waals surface area contributed by atoms with Crippen LogP contribution >= 0.6 is 34.5 Å². The van der Waals surface area contributed by atoms with E-state index in [0.29, 0.717) is 34.0 Å². The summed E-state index contributed by atoms with van der Waals surface area (Å²) in [5, 5.41) is 16.5. The third-order valence-corrected chi connectivity index (χ3v) is 9.94. The quantitative estimate of drug-likeness (QED) is 0.315. The molecular formula is C31H36Cl2N2O2S. The third kappa shape index (κ3) is 6.46. The highest BCUT2D eigenvalue weighted by Gasteiger charge is 2.39. The van der Waals surface area contributed by atoms with E-state index < -0.39 is 5.60 Å². The van der Waals surface area contributed by atoms with Crippen molar-refractivity contribution in [3.8, 4) is 0 Å². The zero-order valence-electron chi connectivity index (χ0n) is 21.9. The maximum atomic E-state index is 13.4. The Kier molecular flexibility index (Phi) is 8.81. The number of rotatable bonds is 8. The Morgan fingerprint density at radius 1 is 1.08 bits per heavy atom. The van der Waals surface area contributed by atoms with Gasteiger partial charge in [0.1, 0.15) is 0 Å². The summed E-state index contributed by atoms with van der Waals surface area (Å²) in [5.74, 6) is 0.666. The minimum absolute atomic E-state index is 0.00738. The molecule has 1 unspecified atom stereocenters. The van der Waals surface area contributed by atoms with Gasteiger partial charge in [0.2, 0.25) is 0 Å². The molecule has 2 atom stereocenters. The number of benzene rings is 2. The monoisotopic (exact) mass is 570 g/mol. The number of aliphatic hydroxyl groups is 1. The van der Waals surface area contributed by atoms with Crippen molar-refractivity contribution in [1.82, 2.24) is 9.80 Å². The lowest BCUT2D eigenvalue weighted by Crippen LogP contribution is -2.46. The lowest BCUT2D eigenvalue weighted by Gasteiger charge is -2.39. The second-order valence-electron chi connectivity index (χ2n) is 11.1. The van der Waals surface area contributed by atoms with Crippen molar-refractivity contribution in [1.29, 1.82) is 0 Å². The molecule has 0 spiro atoms. The standard InChI is InChI=1S/C31H36Cl2N2O2S/c1-22-5-2-3-6-23(22)7-4-11-31(37)12-14-34(15-13-31)18-26-19-35(20-27(26)25-10-16-38-21-25)30(36)24-8-9-28(32)29(33)17-24/h2-3,5-6,8-10,16-17,21,26-27,37H,4,7,11-15,18-20H2,1H3/t26?,27-/m0/s1. The van der Waals surface area contributed by atoms with Gasteiger partial charge in [0.25, 0.3) is 5.91 Å². The highest BCUT2D eigenvalue weighted by atomic mass is 35.5. The first-order valence-corrected chi connectivity index (χ1v) is 15.3. The van der Waals surface area contributed by atoms with Crippen molar-refractivity contribution in [3.63, 3.8) is 0 Å². The number of aryl methyl sites for hydroxylation is 2. The van der Waals surface area contributed by atoms with Crippen LogP contribution in [0.2, 0.25) is 10.0 Å². The summed E-state index contributed by atoms with van der Waals surface area (Å²) in [6, 6.07) is 15.9. The number of likely N-dealkylation sites (tertiary alicyclic amines) is 2. The molecule has 2 fully saturated rings. The number of piperidine rings is 1. The van der Waals surface area contributed by atoms with E-state index in [4.69, 9.17) is 23.2 Å². The maximum absolute atomic E-state index is 13.4. The van der Waals surface area contributed by atoms with E-state index in [-0.39, 0.29) is 5.91 Å². The number of carbonyl (C=O) groups excluding carboxylic acids is 1. The molecule has 1 amide bonds. The second-order valence-corrected chi connectivity index (χ2v) is 12.7. The summed E-state index contributed by atoms with van der Waals surface area (Å²) in [6.07, 6.45) is 4.49. The Labute approximate surface area is 240 Å². The molecule has 2 aliphatic heterocycles. The molecule has 1 aromatic heterocycles. The zero-order chi connectivity index (χ0) is 26.7. The molecule has 2 aromatic carbocycles. The van der Waals surface area contributed by atoms with Crippen molar-refractivity contribution >= 4 is 40.4 Å². The van der Waals surface area contributed by atoms with Gasteiger partial charge in [-0.05, 0) is 96.7 Å². The fraction of sp³-hybridized carbons (Fsp3) is 0.452. The molecule has 0 saturated carbocycles. The third-order valence-electron chi connectivity index (χ3n) is 8.50. The smallest absolute Gasteiger partial charge is 0.253 e. The van der Waals surface area contributed by atoms with Crippen LogP contribution in [0.1, 0.15) is 58.6 Å². The van der Waals surface area contributed by atoms with Crippen LogP contribution in [0.4, 0.5) is 0 Å². The first kappa shape index (κ1) is 27.7. The second kappa shape index (κ2) is 12.1. The largest absolute Gasteiger partial charge is 0.390 e. The van der Waals surface area contributed by atoms with Crippen LogP contribution in [-0.2, 0) is 6.42 Å². The molecule has 3 heterocycles. The Bertz CT molecular complexity index is 1240. The fourth-order valence-corrected chi connectivity index (χ4v) is 7.15. The molecule has 0 aliphatic carbocycles. The molecule has 2 saturated heterocycles. The highest BCUT2D eigenvalue weighted by Crippen LogP contribution is 2.37. The van der Waals surface area contributed by atoms with E-state index in [1.165, 1.54) is 16.7 Å². The van der Waals surface area contributed by atoms with E-state index in [2.05, 4.69) is 52.9 Å². The van der Waals surface area contributed by atoms with Crippen LogP contribution < -0.4 is 0 Å². The van der Waals surface area contributed by atoms with Crippen molar-refractivity contribution in [2.75, 3.05) is 32.7 Å². The lowest BCUT2D eigenvalue weighted by atomic mass is 9.84. The van der Waals surface area contributed by atoms with Crippen LogP contribution in [0.25, 0.3) is 0 Å². The molecule has 2 aliphatic rings. The molecule has 7 heteroatoms. The Hall–Kier alpha value is -1.89. The molecule has 0 radical (unpaired) electrons. The summed E-state index contributed by atoms with van der Waals surface area (Å²) >= 11 is 14.0. The molecule has 38 heavy (non-hydrogen) atoms. The van der Waals surface area contributed by atoms with Gasteiger partial charge in [-0.25, -0.2) is 0 Å². The summed E-state index contributed by atoms with van der Waals surface area (Å²) in [6.45, 7) is 6.32. The van der Waals surface area contributed by atoms with Crippen molar-refractivity contribution in [2.24, 2.45) is 5.92 Å².